The van der Waals surface area contributed by atoms with E-state index in [1.807, 2.05) is 6.07 Å². The highest BCUT2D eigenvalue weighted by Crippen LogP contribution is 2.36. The number of rotatable bonds is 5. The molecule has 0 amide bonds. The average molecular weight is 651 g/mol. The molecule has 0 unspecified atom stereocenters. The fourth-order valence-corrected chi connectivity index (χ4v) is 7.36. The highest BCUT2D eigenvalue weighted by Gasteiger charge is 2.17. The molecule has 2 aromatic heterocycles. The Kier molecular flexibility index (Phi) is 6.78. The number of hydrogen-bond donors (Lipinski definition) is 0. The molecule has 10 aromatic rings. The van der Waals surface area contributed by atoms with Gasteiger partial charge in [0, 0.05) is 33.2 Å². The van der Waals surface area contributed by atoms with E-state index in [4.69, 9.17) is 15.0 Å². The first kappa shape index (κ1) is 29.0. The maximum absolute atomic E-state index is 5.17. The van der Waals surface area contributed by atoms with Crippen molar-refractivity contribution in [1.82, 2.24) is 19.5 Å². The Hall–Kier alpha value is -6.91. The van der Waals surface area contributed by atoms with E-state index in [-0.39, 0.29) is 0 Å². The van der Waals surface area contributed by atoms with Crippen LogP contribution in [0.4, 0.5) is 0 Å². The lowest BCUT2D eigenvalue weighted by molar-refractivity contribution is 1.08. The Morgan fingerprint density at radius 2 is 0.902 bits per heavy atom. The van der Waals surface area contributed by atoms with Crippen LogP contribution in [0.2, 0.25) is 0 Å². The van der Waals surface area contributed by atoms with Gasteiger partial charge >= 0.3 is 0 Å². The number of nitrogens with zero attached hydrogens (tertiary/aromatic N) is 4. The van der Waals surface area contributed by atoms with Gasteiger partial charge in [-0.1, -0.05) is 146 Å². The smallest absolute Gasteiger partial charge is 0.164 e. The van der Waals surface area contributed by atoms with Gasteiger partial charge in [-0.05, 0) is 69.1 Å². The van der Waals surface area contributed by atoms with Crippen molar-refractivity contribution >= 4 is 43.4 Å². The largest absolute Gasteiger partial charge is 0.309 e. The van der Waals surface area contributed by atoms with Gasteiger partial charge in [-0.25, -0.2) is 15.0 Å². The molecule has 10 rings (SSSR count). The first-order valence-corrected chi connectivity index (χ1v) is 17.2. The number of hydrogen-bond acceptors (Lipinski definition) is 3. The van der Waals surface area contributed by atoms with E-state index in [0.29, 0.717) is 17.5 Å². The van der Waals surface area contributed by atoms with Crippen molar-refractivity contribution < 1.29 is 0 Å². The Balaban J connectivity index is 1.16. The second kappa shape index (κ2) is 11.9. The fraction of sp³-hybridized carbons (Fsp3) is 0. The molecule has 0 atom stereocenters. The van der Waals surface area contributed by atoms with Gasteiger partial charge in [-0.2, -0.15) is 0 Å². The van der Waals surface area contributed by atoms with Gasteiger partial charge in [0.1, 0.15) is 0 Å². The van der Waals surface area contributed by atoms with Crippen LogP contribution < -0.4 is 0 Å². The van der Waals surface area contributed by atoms with Gasteiger partial charge in [0.15, 0.2) is 17.5 Å². The number of para-hydroxylation sites is 2. The summed E-state index contributed by atoms with van der Waals surface area (Å²) in [5, 5.41) is 7.02. The van der Waals surface area contributed by atoms with E-state index >= 15 is 0 Å². The quantitative estimate of drug-likeness (QED) is 0.186. The monoisotopic (exact) mass is 650 g/mol. The molecule has 0 spiro atoms. The zero-order valence-corrected chi connectivity index (χ0v) is 27.6. The summed E-state index contributed by atoms with van der Waals surface area (Å²) in [6, 6.07) is 64.0. The lowest BCUT2D eigenvalue weighted by atomic mass is 10.0. The van der Waals surface area contributed by atoms with Gasteiger partial charge in [0.05, 0.1) is 11.0 Å². The highest BCUT2D eigenvalue weighted by molar-refractivity contribution is 6.09. The Labute approximate surface area is 295 Å². The third-order valence-corrected chi connectivity index (χ3v) is 9.81. The van der Waals surface area contributed by atoms with Gasteiger partial charge < -0.3 is 4.57 Å². The third kappa shape index (κ3) is 5.04. The van der Waals surface area contributed by atoms with Crippen molar-refractivity contribution in [3.8, 4) is 51.0 Å². The molecule has 0 radical (unpaired) electrons. The summed E-state index contributed by atoms with van der Waals surface area (Å²) in [6.45, 7) is 0. The molecule has 238 valence electrons. The van der Waals surface area contributed by atoms with Crippen LogP contribution in [0.25, 0.3) is 94.3 Å². The lowest BCUT2D eigenvalue weighted by Crippen LogP contribution is -2.01. The summed E-state index contributed by atoms with van der Waals surface area (Å²) in [6.07, 6.45) is 0. The van der Waals surface area contributed by atoms with Crippen molar-refractivity contribution in [2.75, 3.05) is 0 Å². The fourth-order valence-electron chi connectivity index (χ4n) is 7.36. The van der Waals surface area contributed by atoms with E-state index in [0.717, 1.165) is 49.7 Å². The summed E-state index contributed by atoms with van der Waals surface area (Å²) in [4.78, 5) is 15.4. The van der Waals surface area contributed by atoms with Crippen LogP contribution >= 0.6 is 0 Å². The van der Waals surface area contributed by atoms with Crippen molar-refractivity contribution in [3.63, 3.8) is 0 Å². The van der Waals surface area contributed by atoms with Crippen LogP contribution in [0.15, 0.2) is 182 Å². The van der Waals surface area contributed by atoms with Crippen molar-refractivity contribution in [2.24, 2.45) is 0 Å². The van der Waals surface area contributed by atoms with E-state index in [1.54, 1.807) is 0 Å². The maximum Gasteiger partial charge on any atom is 0.164 e. The van der Waals surface area contributed by atoms with Crippen LogP contribution in [0.1, 0.15) is 0 Å². The average Bonchev–Trinajstić information content (AvgIpc) is 3.55. The predicted molar refractivity (Wildman–Crippen MR) is 211 cm³/mol. The van der Waals surface area contributed by atoms with Crippen molar-refractivity contribution in [3.05, 3.63) is 182 Å². The summed E-state index contributed by atoms with van der Waals surface area (Å²) < 4.78 is 2.36. The molecule has 4 nitrogen and oxygen atoms in total. The Morgan fingerprint density at radius 3 is 1.69 bits per heavy atom. The zero-order valence-electron chi connectivity index (χ0n) is 27.6. The minimum atomic E-state index is 0.639. The van der Waals surface area contributed by atoms with Gasteiger partial charge in [-0.3, -0.25) is 0 Å². The summed E-state index contributed by atoms with van der Waals surface area (Å²) in [5.41, 5.74) is 8.61. The Bertz CT molecular complexity index is 2870. The van der Waals surface area contributed by atoms with Crippen LogP contribution in [0.3, 0.4) is 0 Å². The first-order valence-electron chi connectivity index (χ1n) is 17.2. The van der Waals surface area contributed by atoms with E-state index < -0.39 is 0 Å². The number of benzene rings is 8. The molecular formula is C47H30N4. The molecule has 0 aliphatic heterocycles. The third-order valence-electron chi connectivity index (χ3n) is 9.81. The minimum Gasteiger partial charge on any atom is -0.309 e. The molecule has 0 N–H and O–H groups in total. The molecule has 0 saturated carbocycles. The molecule has 0 saturated heterocycles. The van der Waals surface area contributed by atoms with Crippen molar-refractivity contribution in [2.45, 2.75) is 0 Å². The van der Waals surface area contributed by atoms with Gasteiger partial charge in [-0.15, -0.1) is 0 Å². The second-order valence-corrected chi connectivity index (χ2v) is 12.9. The SMILES string of the molecule is c1ccc(-c2cccc(-c3nc(-c4ccc5ccccc5c4)nc(-c4cccc5cc(-n6c7ccccc7c7ccccc76)ccc45)n3)c2)cc1. The van der Waals surface area contributed by atoms with E-state index in [2.05, 4.69) is 180 Å². The zero-order chi connectivity index (χ0) is 33.7. The van der Waals surface area contributed by atoms with Crippen LogP contribution in [0, 0.1) is 0 Å². The first-order chi connectivity index (χ1) is 25.3. The standard InChI is InChI=1S/C47H30N4/c1-2-12-31(13-3-1)34-16-10-18-36(28-34)45-48-46(37-25-24-32-14-4-5-15-33(32)29-37)50-47(49-45)42-21-11-17-35-30-38(26-27-39(35)42)51-43-22-8-6-19-40(43)41-20-7-9-23-44(41)51/h1-30H. The van der Waals surface area contributed by atoms with Gasteiger partial charge in [0.25, 0.3) is 0 Å². The minimum absolute atomic E-state index is 0.639. The number of fused-ring (bicyclic) bond motifs is 5. The molecule has 0 aliphatic carbocycles. The molecule has 8 aromatic carbocycles. The van der Waals surface area contributed by atoms with Crippen LogP contribution in [-0.2, 0) is 0 Å². The topological polar surface area (TPSA) is 43.6 Å². The second-order valence-electron chi connectivity index (χ2n) is 12.9. The van der Waals surface area contributed by atoms with E-state index in [9.17, 15) is 0 Å². The Morgan fingerprint density at radius 1 is 0.314 bits per heavy atom. The molecule has 4 heteroatoms. The highest BCUT2D eigenvalue weighted by atomic mass is 15.0. The molecule has 0 bridgehead atoms. The lowest BCUT2D eigenvalue weighted by Gasteiger charge is -2.13. The molecular weight excluding hydrogens is 621 g/mol. The summed E-state index contributed by atoms with van der Waals surface area (Å²) >= 11 is 0. The summed E-state index contributed by atoms with van der Waals surface area (Å²) in [5.74, 6) is 1.92. The van der Waals surface area contributed by atoms with Crippen LogP contribution in [0.5, 0.6) is 0 Å². The van der Waals surface area contributed by atoms with Crippen molar-refractivity contribution in [1.29, 1.82) is 0 Å². The van der Waals surface area contributed by atoms with Crippen LogP contribution in [-0.4, -0.2) is 19.5 Å². The summed E-state index contributed by atoms with van der Waals surface area (Å²) in [7, 11) is 0. The normalized spacial score (nSPS) is 11.5. The van der Waals surface area contributed by atoms with Gasteiger partial charge in [0.2, 0.25) is 0 Å². The molecule has 51 heavy (non-hydrogen) atoms. The molecule has 2 heterocycles. The maximum atomic E-state index is 5.17. The predicted octanol–water partition coefficient (Wildman–Crippen LogP) is 11.9. The molecule has 0 fully saturated rings. The number of aromatic nitrogens is 4. The molecule has 0 aliphatic rings. The van der Waals surface area contributed by atoms with E-state index in [1.165, 1.54) is 27.2 Å².